The Balaban J connectivity index is 1.54. The number of nitrogens with zero attached hydrogens (tertiary/aromatic N) is 4. The van der Waals surface area contributed by atoms with Crippen molar-refractivity contribution in [1.29, 1.82) is 0 Å². The standard InChI is InChI=1S/C18H20N6O/c1-23-7-9-24(10-8-23)17-11-13(5-6-19-17)21-18(25)14-3-2-4-16-15(14)12-20-22-16/h2-6,11-12H,7-10H2,1H3,(H,20,22)(H,19,21,25). The van der Waals surface area contributed by atoms with Gasteiger partial charge in [0.2, 0.25) is 0 Å². The molecule has 0 bridgehead atoms. The number of piperazine rings is 1. The van der Waals surface area contributed by atoms with Crippen molar-refractivity contribution < 1.29 is 4.79 Å². The molecule has 1 saturated heterocycles. The summed E-state index contributed by atoms with van der Waals surface area (Å²) in [6.07, 6.45) is 3.41. The summed E-state index contributed by atoms with van der Waals surface area (Å²) in [6.45, 7) is 3.91. The number of hydrogen-bond acceptors (Lipinski definition) is 5. The van der Waals surface area contributed by atoms with E-state index in [-0.39, 0.29) is 5.91 Å². The van der Waals surface area contributed by atoms with Gasteiger partial charge in [-0.05, 0) is 25.2 Å². The molecule has 7 heteroatoms. The Morgan fingerprint density at radius 2 is 2.04 bits per heavy atom. The third kappa shape index (κ3) is 3.18. The highest BCUT2D eigenvalue weighted by Crippen LogP contribution is 2.21. The summed E-state index contributed by atoms with van der Waals surface area (Å²) in [4.78, 5) is 21.7. The summed E-state index contributed by atoms with van der Waals surface area (Å²) in [5.74, 6) is 0.745. The smallest absolute Gasteiger partial charge is 0.256 e. The third-order valence-corrected chi connectivity index (χ3v) is 4.56. The molecule has 3 aromatic rings. The summed E-state index contributed by atoms with van der Waals surface area (Å²) in [7, 11) is 2.12. The Bertz CT molecular complexity index is 897. The largest absolute Gasteiger partial charge is 0.354 e. The van der Waals surface area contributed by atoms with E-state index in [9.17, 15) is 4.79 Å². The minimum Gasteiger partial charge on any atom is -0.354 e. The fourth-order valence-electron chi connectivity index (χ4n) is 3.07. The minimum atomic E-state index is -0.150. The van der Waals surface area contributed by atoms with Gasteiger partial charge >= 0.3 is 0 Å². The molecule has 2 N–H and O–H groups in total. The van der Waals surface area contributed by atoms with Crippen LogP contribution in [0.25, 0.3) is 10.9 Å². The van der Waals surface area contributed by atoms with Crippen LogP contribution in [0, 0.1) is 0 Å². The summed E-state index contributed by atoms with van der Waals surface area (Å²) in [5, 5.41) is 10.7. The lowest BCUT2D eigenvalue weighted by atomic mass is 10.1. The number of likely N-dealkylation sites (N-methyl/N-ethyl adjacent to an activating group) is 1. The lowest BCUT2D eigenvalue weighted by Crippen LogP contribution is -2.44. The number of carbonyl (C=O) groups excluding carboxylic acids is 1. The average Bonchev–Trinajstić information content (AvgIpc) is 3.11. The van der Waals surface area contributed by atoms with Gasteiger partial charge in [0.1, 0.15) is 5.82 Å². The molecule has 25 heavy (non-hydrogen) atoms. The number of rotatable bonds is 3. The molecule has 7 nitrogen and oxygen atoms in total. The normalized spacial score (nSPS) is 15.5. The maximum Gasteiger partial charge on any atom is 0.256 e. The Morgan fingerprint density at radius 3 is 2.88 bits per heavy atom. The Kier molecular flexibility index (Phi) is 4.07. The van der Waals surface area contributed by atoms with E-state index in [1.165, 1.54) is 0 Å². The predicted octanol–water partition coefficient (Wildman–Crippen LogP) is 1.96. The Labute approximate surface area is 145 Å². The number of aromatic amines is 1. The summed E-state index contributed by atoms with van der Waals surface area (Å²) in [5.41, 5.74) is 2.19. The second-order valence-corrected chi connectivity index (χ2v) is 6.28. The number of carbonyl (C=O) groups is 1. The lowest BCUT2D eigenvalue weighted by Gasteiger charge is -2.33. The Hall–Kier alpha value is -2.93. The van der Waals surface area contributed by atoms with Crippen molar-refractivity contribution in [2.24, 2.45) is 0 Å². The van der Waals surface area contributed by atoms with Crippen LogP contribution in [-0.2, 0) is 0 Å². The van der Waals surface area contributed by atoms with E-state index in [0.717, 1.165) is 48.6 Å². The van der Waals surface area contributed by atoms with Crippen molar-refractivity contribution in [3.05, 3.63) is 48.3 Å². The van der Waals surface area contributed by atoms with Gasteiger partial charge in [0.15, 0.2) is 0 Å². The predicted molar refractivity (Wildman–Crippen MR) is 98.0 cm³/mol. The molecule has 2 aromatic heterocycles. The molecule has 128 valence electrons. The van der Waals surface area contributed by atoms with Crippen molar-refractivity contribution in [3.63, 3.8) is 0 Å². The number of H-pyrrole nitrogens is 1. The van der Waals surface area contributed by atoms with Gasteiger partial charge in [-0.1, -0.05) is 6.07 Å². The number of fused-ring (bicyclic) bond motifs is 1. The highest BCUT2D eigenvalue weighted by atomic mass is 16.1. The first-order valence-corrected chi connectivity index (χ1v) is 8.34. The van der Waals surface area contributed by atoms with Crippen molar-refractivity contribution in [1.82, 2.24) is 20.1 Å². The molecule has 0 saturated carbocycles. The van der Waals surface area contributed by atoms with E-state index in [0.29, 0.717) is 5.56 Å². The molecule has 0 radical (unpaired) electrons. The van der Waals surface area contributed by atoms with Crippen LogP contribution >= 0.6 is 0 Å². The molecule has 0 unspecified atom stereocenters. The first-order chi connectivity index (χ1) is 12.2. The molecular formula is C18H20N6O. The van der Waals surface area contributed by atoms with Crippen molar-refractivity contribution >= 4 is 28.3 Å². The van der Waals surface area contributed by atoms with Gasteiger partial charge in [-0.15, -0.1) is 0 Å². The van der Waals surface area contributed by atoms with Crippen LogP contribution in [0.3, 0.4) is 0 Å². The number of hydrogen-bond donors (Lipinski definition) is 2. The molecule has 1 fully saturated rings. The second kappa shape index (κ2) is 6.52. The highest BCUT2D eigenvalue weighted by Gasteiger charge is 2.16. The van der Waals surface area contributed by atoms with Gasteiger partial charge in [-0.25, -0.2) is 4.98 Å². The monoisotopic (exact) mass is 336 g/mol. The van der Waals surface area contributed by atoms with Crippen LogP contribution in [0.5, 0.6) is 0 Å². The number of benzene rings is 1. The first kappa shape index (κ1) is 15.6. The van der Waals surface area contributed by atoms with E-state index in [1.54, 1.807) is 18.5 Å². The van der Waals surface area contributed by atoms with Crippen molar-refractivity contribution in [2.75, 3.05) is 43.4 Å². The summed E-state index contributed by atoms with van der Waals surface area (Å²) >= 11 is 0. The minimum absolute atomic E-state index is 0.150. The zero-order valence-electron chi connectivity index (χ0n) is 14.1. The molecule has 0 atom stereocenters. The summed E-state index contributed by atoms with van der Waals surface area (Å²) in [6, 6.07) is 9.29. The van der Waals surface area contributed by atoms with Crippen molar-refractivity contribution in [2.45, 2.75) is 0 Å². The number of anilines is 2. The van der Waals surface area contributed by atoms with E-state index in [4.69, 9.17) is 0 Å². The van der Waals surface area contributed by atoms with E-state index >= 15 is 0 Å². The molecule has 0 aliphatic carbocycles. The van der Waals surface area contributed by atoms with Crippen LogP contribution in [-0.4, -0.2) is 59.2 Å². The molecule has 1 aromatic carbocycles. The second-order valence-electron chi connectivity index (χ2n) is 6.28. The SMILES string of the molecule is CN1CCN(c2cc(NC(=O)c3cccc4[nH]ncc34)ccn2)CC1. The molecule has 1 amide bonds. The highest BCUT2D eigenvalue weighted by molar-refractivity contribution is 6.12. The first-order valence-electron chi connectivity index (χ1n) is 8.34. The van der Waals surface area contributed by atoms with E-state index in [1.807, 2.05) is 24.3 Å². The van der Waals surface area contributed by atoms with Crippen LogP contribution in [0.2, 0.25) is 0 Å². The van der Waals surface area contributed by atoms with Crippen LogP contribution < -0.4 is 10.2 Å². The lowest BCUT2D eigenvalue weighted by molar-refractivity contribution is 0.102. The van der Waals surface area contributed by atoms with E-state index in [2.05, 4.69) is 37.3 Å². The van der Waals surface area contributed by atoms with Crippen LogP contribution in [0.15, 0.2) is 42.7 Å². The van der Waals surface area contributed by atoms with Gasteiger partial charge in [0.05, 0.1) is 17.3 Å². The molecule has 3 heterocycles. The molecule has 4 rings (SSSR count). The van der Waals surface area contributed by atoms with Crippen molar-refractivity contribution in [3.8, 4) is 0 Å². The number of nitrogens with one attached hydrogen (secondary N) is 2. The zero-order valence-corrected chi connectivity index (χ0v) is 14.1. The maximum atomic E-state index is 12.7. The molecule has 1 aliphatic heterocycles. The van der Waals surface area contributed by atoms with Crippen LogP contribution in [0.1, 0.15) is 10.4 Å². The average molecular weight is 336 g/mol. The zero-order chi connectivity index (χ0) is 17.2. The third-order valence-electron chi connectivity index (χ3n) is 4.56. The van der Waals surface area contributed by atoms with Gasteiger partial charge in [0, 0.05) is 49.5 Å². The van der Waals surface area contributed by atoms with Gasteiger partial charge in [-0.2, -0.15) is 5.10 Å². The molecule has 0 spiro atoms. The Morgan fingerprint density at radius 1 is 1.20 bits per heavy atom. The fraction of sp³-hybridized carbons (Fsp3) is 0.278. The topological polar surface area (TPSA) is 77.1 Å². The van der Waals surface area contributed by atoms with E-state index < -0.39 is 0 Å². The van der Waals surface area contributed by atoms with Crippen LogP contribution in [0.4, 0.5) is 11.5 Å². The van der Waals surface area contributed by atoms with Gasteiger partial charge < -0.3 is 15.1 Å². The molecular weight excluding hydrogens is 316 g/mol. The molecule has 1 aliphatic rings. The van der Waals surface area contributed by atoms with Gasteiger partial charge in [0.25, 0.3) is 5.91 Å². The number of pyridine rings is 1. The number of aromatic nitrogens is 3. The summed E-state index contributed by atoms with van der Waals surface area (Å²) < 4.78 is 0. The maximum absolute atomic E-state index is 12.7. The number of amides is 1. The van der Waals surface area contributed by atoms with Gasteiger partial charge in [-0.3, -0.25) is 9.89 Å². The quantitative estimate of drug-likeness (QED) is 0.765. The fourth-order valence-corrected chi connectivity index (χ4v) is 3.07.